The zero-order chi connectivity index (χ0) is 25.1. The molecule has 1 unspecified atom stereocenters. The van der Waals surface area contributed by atoms with Gasteiger partial charge >= 0.3 is 0 Å². The average Bonchev–Trinajstić information content (AvgIpc) is 2.76. The van der Waals surface area contributed by atoms with E-state index in [0.29, 0.717) is 53.6 Å². The molecule has 1 amide bonds. The Hall–Kier alpha value is -3.69. The number of benzene rings is 1. The average molecular weight is 477 g/mol. The van der Waals surface area contributed by atoms with Gasteiger partial charge in [-0.15, -0.1) is 10.1 Å². The lowest BCUT2D eigenvalue weighted by molar-refractivity contribution is -0.892. The van der Waals surface area contributed by atoms with Crippen LogP contribution >= 0.6 is 0 Å². The molecule has 12 nitrogen and oxygen atoms in total. The van der Waals surface area contributed by atoms with Crippen LogP contribution in [0.15, 0.2) is 29.1 Å². The fraction of sp³-hybridized carbons (Fsp3) is 0.500. The van der Waals surface area contributed by atoms with Crippen LogP contribution in [0.4, 0.5) is 0 Å². The van der Waals surface area contributed by atoms with Gasteiger partial charge in [0.15, 0.2) is 0 Å². The van der Waals surface area contributed by atoms with Gasteiger partial charge in [-0.2, -0.15) is 5.26 Å². The van der Waals surface area contributed by atoms with E-state index in [-0.39, 0.29) is 31.1 Å². The smallest absolute Gasteiger partial charge is 0.294 e. The number of rotatable bonds is 14. The molecule has 0 radical (unpaired) electrons. The second-order valence-electron chi connectivity index (χ2n) is 8.51. The van der Waals surface area contributed by atoms with E-state index in [2.05, 4.69) is 15.1 Å². The molecule has 0 saturated heterocycles. The van der Waals surface area contributed by atoms with Gasteiger partial charge in [-0.1, -0.05) is 6.07 Å². The van der Waals surface area contributed by atoms with Crippen LogP contribution in [0.1, 0.15) is 24.8 Å². The number of fused-ring (bicyclic) bond motifs is 1. The fourth-order valence-electron chi connectivity index (χ4n) is 3.42. The number of carbonyl (C=O) groups excluding carboxylic acids is 1. The van der Waals surface area contributed by atoms with Gasteiger partial charge in [0.05, 0.1) is 39.3 Å². The maximum Gasteiger partial charge on any atom is 0.294 e. The number of nitriles is 1. The number of aromatic nitrogens is 1. The molecule has 0 fully saturated rings. The molecular weight excluding hydrogens is 446 g/mol. The predicted molar refractivity (Wildman–Crippen MR) is 122 cm³/mol. The van der Waals surface area contributed by atoms with Gasteiger partial charge in [0.25, 0.3) is 10.6 Å². The number of aliphatic hydroxyl groups is 1. The number of pyridine rings is 1. The normalized spacial score (nSPS) is 12.1. The summed E-state index contributed by atoms with van der Waals surface area (Å²) < 4.78 is 6.21. The van der Waals surface area contributed by atoms with Crippen molar-refractivity contribution in [3.63, 3.8) is 0 Å². The number of hydrogen-bond donors (Lipinski definition) is 3. The third kappa shape index (κ3) is 8.68. The number of ether oxygens (including phenoxy) is 1. The third-order valence-electron chi connectivity index (χ3n) is 5.14. The zero-order valence-electron chi connectivity index (χ0n) is 19.3. The number of carbonyl (C=O) groups is 1. The number of H-pyrrole nitrogens is 1. The molecule has 0 aliphatic heterocycles. The predicted octanol–water partition coefficient (Wildman–Crippen LogP) is 0.711. The van der Waals surface area contributed by atoms with Crippen molar-refractivity contribution in [1.29, 1.82) is 5.26 Å². The molecule has 0 spiro atoms. The molecule has 1 aromatic carbocycles. The number of likely N-dealkylation sites (N-methyl/N-ethyl adjacent to an activating group) is 1. The summed E-state index contributed by atoms with van der Waals surface area (Å²) in [6.45, 7) is 1.35. The van der Waals surface area contributed by atoms with Crippen molar-refractivity contribution in [1.82, 2.24) is 10.3 Å². The first-order chi connectivity index (χ1) is 16.1. The van der Waals surface area contributed by atoms with Gasteiger partial charge in [0.1, 0.15) is 36.6 Å². The fourth-order valence-corrected chi connectivity index (χ4v) is 3.42. The number of aromatic amines is 1. The van der Waals surface area contributed by atoms with E-state index in [9.17, 15) is 24.8 Å². The maximum absolute atomic E-state index is 11.9. The first kappa shape index (κ1) is 26.6. The molecule has 12 heteroatoms. The van der Waals surface area contributed by atoms with Crippen LogP contribution in [0.3, 0.4) is 0 Å². The Morgan fingerprint density at radius 3 is 2.85 bits per heavy atom. The highest BCUT2D eigenvalue weighted by Crippen LogP contribution is 2.24. The van der Waals surface area contributed by atoms with Gasteiger partial charge in [0, 0.05) is 11.8 Å². The molecule has 2 rings (SSSR count). The Bertz CT molecular complexity index is 1090. The Morgan fingerprint density at radius 2 is 2.15 bits per heavy atom. The van der Waals surface area contributed by atoms with E-state index in [1.165, 1.54) is 6.07 Å². The Labute approximate surface area is 196 Å². The van der Waals surface area contributed by atoms with Crippen molar-refractivity contribution in [2.45, 2.75) is 25.4 Å². The Balaban J connectivity index is 1.77. The first-order valence-electron chi connectivity index (χ1n) is 10.8. The minimum atomic E-state index is -0.853. The molecule has 0 aliphatic rings. The molecule has 184 valence electrons. The highest BCUT2D eigenvalue weighted by molar-refractivity contribution is 5.85. The summed E-state index contributed by atoms with van der Waals surface area (Å²) in [6.07, 6.45) is 0.383. The molecule has 0 aliphatic carbocycles. The van der Waals surface area contributed by atoms with Crippen molar-refractivity contribution < 1.29 is 29.0 Å². The van der Waals surface area contributed by atoms with Gasteiger partial charge in [-0.25, -0.2) is 0 Å². The van der Waals surface area contributed by atoms with Crippen LogP contribution < -0.4 is 15.6 Å². The number of amides is 1. The molecule has 2 aromatic rings. The molecular formula is C22H30N5O7+. The summed E-state index contributed by atoms with van der Waals surface area (Å²) >= 11 is 0. The van der Waals surface area contributed by atoms with E-state index in [4.69, 9.17) is 10.00 Å². The molecule has 34 heavy (non-hydrogen) atoms. The van der Waals surface area contributed by atoms with Crippen LogP contribution in [-0.4, -0.2) is 78.6 Å². The molecule has 1 aromatic heterocycles. The summed E-state index contributed by atoms with van der Waals surface area (Å²) in [5.74, 6) is 0.307. The van der Waals surface area contributed by atoms with E-state index >= 15 is 0 Å². The topological polar surface area (TPSA) is 168 Å². The molecule has 3 N–H and O–H groups in total. The number of nitrogens with zero attached hydrogens (tertiary/aromatic N) is 3. The van der Waals surface area contributed by atoms with Gasteiger partial charge in [-0.3, -0.25) is 9.59 Å². The van der Waals surface area contributed by atoms with Crippen LogP contribution in [0.2, 0.25) is 0 Å². The van der Waals surface area contributed by atoms with Gasteiger partial charge in [0.2, 0.25) is 5.91 Å². The third-order valence-corrected chi connectivity index (χ3v) is 5.14. The summed E-state index contributed by atoms with van der Waals surface area (Å²) in [6, 6.07) is 8.43. The standard InChI is InChI=1S/C22H29N5O7/c1-27(2,10-9-24-21(29)8-3-4-11-34-26(31)32)14-17(28)15-33-20-7-5-6-19-18(20)12-16(13-23)22(30)25-19/h5-7,12,17,28H,3-4,8-11,14-15H2,1-2H3,(H-,24,25,29,30)/p+1. The second kappa shape index (κ2) is 12.5. The van der Waals surface area contributed by atoms with Crippen LogP contribution in [0, 0.1) is 21.4 Å². The van der Waals surface area contributed by atoms with E-state index in [0.717, 1.165) is 0 Å². The zero-order valence-corrected chi connectivity index (χ0v) is 19.3. The number of quaternary nitrogens is 1. The minimum Gasteiger partial charge on any atom is -0.490 e. The number of nitrogens with one attached hydrogen (secondary N) is 2. The SMILES string of the molecule is C[N+](C)(CCNC(=O)CCCCO[N+](=O)[O-])CC(O)COc1cccc2[nH]c(=O)c(C#N)cc12. The number of unbranched alkanes of at least 4 members (excludes halogenated alkanes) is 1. The molecule has 1 heterocycles. The minimum absolute atomic E-state index is 0.0143. The lowest BCUT2D eigenvalue weighted by Gasteiger charge is -2.32. The Kier molecular flexibility index (Phi) is 9.78. The van der Waals surface area contributed by atoms with Crippen molar-refractivity contribution >= 4 is 16.8 Å². The first-order valence-corrected chi connectivity index (χ1v) is 10.8. The van der Waals surface area contributed by atoms with E-state index in [1.807, 2.05) is 20.2 Å². The summed E-state index contributed by atoms with van der Waals surface area (Å²) in [5, 5.41) is 32.2. The molecule has 0 bridgehead atoms. The van der Waals surface area contributed by atoms with Crippen molar-refractivity contribution in [3.05, 3.63) is 50.3 Å². The van der Waals surface area contributed by atoms with E-state index < -0.39 is 16.7 Å². The highest BCUT2D eigenvalue weighted by atomic mass is 16.9. The van der Waals surface area contributed by atoms with Gasteiger partial charge < -0.3 is 29.5 Å². The summed E-state index contributed by atoms with van der Waals surface area (Å²) in [7, 11) is 3.85. The van der Waals surface area contributed by atoms with Crippen molar-refractivity contribution in [2.75, 3.05) is 46.9 Å². The van der Waals surface area contributed by atoms with Crippen molar-refractivity contribution in [2.24, 2.45) is 0 Å². The van der Waals surface area contributed by atoms with Crippen LogP contribution in [0.25, 0.3) is 10.9 Å². The largest absolute Gasteiger partial charge is 0.490 e. The maximum atomic E-state index is 11.9. The Morgan fingerprint density at radius 1 is 1.38 bits per heavy atom. The van der Waals surface area contributed by atoms with Gasteiger partial charge in [-0.05, 0) is 31.0 Å². The highest BCUT2D eigenvalue weighted by Gasteiger charge is 2.21. The number of aliphatic hydroxyl groups excluding tert-OH is 1. The lowest BCUT2D eigenvalue weighted by Crippen LogP contribution is -2.50. The van der Waals surface area contributed by atoms with Crippen LogP contribution in [-0.2, 0) is 9.63 Å². The van der Waals surface area contributed by atoms with Crippen LogP contribution in [0.5, 0.6) is 5.75 Å². The monoisotopic (exact) mass is 476 g/mol. The second-order valence-corrected chi connectivity index (χ2v) is 8.51. The summed E-state index contributed by atoms with van der Waals surface area (Å²) in [4.78, 5) is 40.6. The lowest BCUT2D eigenvalue weighted by atomic mass is 10.1. The molecule has 0 saturated carbocycles. The van der Waals surface area contributed by atoms with E-state index in [1.54, 1.807) is 18.2 Å². The van der Waals surface area contributed by atoms with Crippen molar-refractivity contribution in [3.8, 4) is 11.8 Å². The molecule has 1 atom stereocenters. The summed E-state index contributed by atoms with van der Waals surface area (Å²) in [5.41, 5.74) is 0.0455. The number of hydrogen-bond acceptors (Lipinski definition) is 8. The quantitative estimate of drug-likeness (QED) is 0.155.